The Kier molecular flexibility index (Phi) is 5.90. The zero-order valence-electron chi connectivity index (χ0n) is 13.9. The zero-order chi connectivity index (χ0) is 18.4. The van der Waals surface area contributed by atoms with Gasteiger partial charge in [0.25, 0.3) is 0 Å². The van der Waals surface area contributed by atoms with Crippen molar-refractivity contribution >= 4 is 17.3 Å². The maximum atomic E-state index is 12.5. The summed E-state index contributed by atoms with van der Waals surface area (Å²) in [6.45, 7) is 3.84. The molecular weight excluding hydrogens is 333 g/mol. The first-order valence-corrected chi connectivity index (χ1v) is 7.73. The van der Waals surface area contributed by atoms with Crippen LogP contribution in [0.2, 0.25) is 0 Å². The summed E-state index contributed by atoms with van der Waals surface area (Å²) in [6.07, 6.45) is -4.72. The molecule has 0 bridgehead atoms. The number of carbonyl (C=O) groups excluding carboxylic acids is 1. The number of amides is 1. The third-order valence-corrected chi connectivity index (χ3v) is 3.35. The third kappa shape index (κ3) is 5.70. The number of halogens is 3. The molecule has 0 atom stereocenters. The molecular formula is C18H19F3N2O2. The predicted octanol–water partition coefficient (Wildman–Crippen LogP) is 4.44. The van der Waals surface area contributed by atoms with Gasteiger partial charge in [0.1, 0.15) is 5.75 Å². The van der Waals surface area contributed by atoms with E-state index in [-0.39, 0.29) is 24.2 Å². The lowest BCUT2D eigenvalue weighted by Gasteiger charge is -2.27. The van der Waals surface area contributed by atoms with Crippen molar-refractivity contribution in [3.63, 3.8) is 0 Å². The molecule has 0 saturated carbocycles. The van der Waals surface area contributed by atoms with Gasteiger partial charge in [-0.3, -0.25) is 4.79 Å². The normalized spacial score (nSPS) is 11.3. The second kappa shape index (κ2) is 7.92. The summed E-state index contributed by atoms with van der Waals surface area (Å²) in [4.78, 5) is 14.2. The molecule has 1 N–H and O–H groups in total. The second-order valence-corrected chi connectivity index (χ2v) is 5.62. The van der Waals surface area contributed by atoms with E-state index in [9.17, 15) is 18.0 Å². The molecule has 0 aliphatic rings. The molecule has 0 aromatic heterocycles. The van der Waals surface area contributed by atoms with Crippen molar-refractivity contribution < 1.29 is 22.7 Å². The summed E-state index contributed by atoms with van der Waals surface area (Å²) in [7, 11) is 0. The number of benzene rings is 2. The molecule has 2 aromatic rings. The lowest BCUT2D eigenvalue weighted by atomic mass is 10.2. The van der Waals surface area contributed by atoms with Gasteiger partial charge < -0.3 is 15.0 Å². The standard InChI is InChI=1S/C18H19F3N2O2/c1-13(2)23(15-6-4-3-5-7-15)17(24)12-22-14-8-10-16(11-9-14)25-18(19,20)21/h3-11,13,22H,12H2,1-2H3. The van der Waals surface area contributed by atoms with E-state index in [1.807, 2.05) is 44.2 Å². The molecule has 134 valence electrons. The smallest absolute Gasteiger partial charge is 0.406 e. The van der Waals surface area contributed by atoms with Crippen molar-refractivity contribution in [2.24, 2.45) is 0 Å². The van der Waals surface area contributed by atoms with Crippen LogP contribution in [0.5, 0.6) is 5.75 Å². The summed E-state index contributed by atoms with van der Waals surface area (Å²) in [5.41, 5.74) is 1.32. The molecule has 2 aromatic carbocycles. The zero-order valence-corrected chi connectivity index (χ0v) is 13.9. The van der Waals surface area contributed by atoms with Crippen LogP contribution in [0.1, 0.15) is 13.8 Å². The van der Waals surface area contributed by atoms with Crippen LogP contribution in [0.3, 0.4) is 0 Å². The third-order valence-electron chi connectivity index (χ3n) is 3.35. The maximum absolute atomic E-state index is 12.5. The van der Waals surface area contributed by atoms with E-state index in [1.165, 1.54) is 24.3 Å². The molecule has 1 amide bonds. The van der Waals surface area contributed by atoms with Gasteiger partial charge in [-0.1, -0.05) is 18.2 Å². The Morgan fingerprint density at radius 3 is 2.20 bits per heavy atom. The highest BCUT2D eigenvalue weighted by Gasteiger charge is 2.30. The van der Waals surface area contributed by atoms with Crippen molar-refractivity contribution in [2.45, 2.75) is 26.3 Å². The fourth-order valence-electron chi connectivity index (χ4n) is 2.36. The summed E-state index contributed by atoms with van der Waals surface area (Å²) >= 11 is 0. The van der Waals surface area contributed by atoms with Crippen LogP contribution >= 0.6 is 0 Å². The SMILES string of the molecule is CC(C)N(C(=O)CNc1ccc(OC(F)(F)F)cc1)c1ccccc1. The van der Waals surface area contributed by atoms with Crippen LogP contribution in [0, 0.1) is 0 Å². The first kappa shape index (κ1) is 18.6. The van der Waals surface area contributed by atoms with Gasteiger partial charge >= 0.3 is 6.36 Å². The highest BCUT2D eigenvalue weighted by Crippen LogP contribution is 2.24. The molecule has 0 saturated heterocycles. The van der Waals surface area contributed by atoms with E-state index in [0.717, 1.165) is 5.69 Å². The Morgan fingerprint density at radius 1 is 1.08 bits per heavy atom. The van der Waals surface area contributed by atoms with E-state index >= 15 is 0 Å². The van der Waals surface area contributed by atoms with E-state index in [1.54, 1.807) is 4.90 Å². The lowest BCUT2D eigenvalue weighted by Crippen LogP contribution is -2.40. The number of nitrogens with one attached hydrogen (secondary N) is 1. The highest BCUT2D eigenvalue weighted by molar-refractivity contribution is 5.96. The Bertz CT molecular complexity index is 686. The average Bonchev–Trinajstić information content (AvgIpc) is 2.53. The number of nitrogens with zero attached hydrogens (tertiary/aromatic N) is 1. The highest BCUT2D eigenvalue weighted by atomic mass is 19.4. The predicted molar refractivity (Wildman–Crippen MR) is 90.7 cm³/mol. The Balaban J connectivity index is 1.98. The largest absolute Gasteiger partial charge is 0.573 e. The number of hydrogen-bond donors (Lipinski definition) is 1. The van der Waals surface area contributed by atoms with Crippen LogP contribution < -0.4 is 15.0 Å². The van der Waals surface area contributed by atoms with Crippen LogP contribution in [0.25, 0.3) is 0 Å². The average molecular weight is 352 g/mol. The van der Waals surface area contributed by atoms with E-state index in [2.05, 4.69) is 10.1 Å². The Hall–Kier alpha value is -2.70. The van der Waals surface area contributed by atoms with Crippen molar-refractivity contribution in [3.8, 4) is 5.75 Å². The number of ether oxygens (including phenoxy) is 1. The van der Waals surface area contributed by atoms with E-state index in [0.29, 0.717) is 5.69 Å². The molecule has 0 aliphatic carbocycles. The minimum absolute atomic E-state index is 0.0204. The molecule has 4 nitrogen and oxygen atoms in total. The molecule has 0 fully saturated rings. The lowest BCUT2D eigenvalue weighted by molar-refractivity contribution is -0.274. The van der Waals surface area contributed by atoms with Crippen LogP contribution in [-0.2, 0) is 4.79 Å². The minimum atomic E-state index is -4.72. The summed E-state index contributed by atoms with van der Waals surface area (Å²) in [5, 5.41) is 2.91. The first-order valence-electron chi connectivity index (χ1n) is 7.73. The van der Waals surface area contributed by atoms with Gasteiger partial charge in [0.05, 0.1) is 6.54 Å². The minimum Gasteiger partial charge on any atom is -0.406 e. The van der Waals surface area contributed by atoms with Crippen LogP contribution in [0.15, 0.2) is 54.6 Å². The van der Waals surface area contributed by atoms with Gasteiger partial charge in [-0.15, -0.1) is 13.2 Å². The summed E-state index contributed by atoms with van der Waals surface area (Å²) in [5.74, 6) is -0.450. The number of carbonyl (C=O) groups is 1. The molecule has 0 radical (unpaired) electrons. The second-order valence-electron chi connectivity index (χ2n) is 5.62. The van der Waals surface area contributed by atoms with Crippen molar-refractivity contribution in [3.05, 3.63) is 54.6 Å². The van der Waals surface area contributed by atoms with Crippen molar-refractivity contribution in [2.75, 3.05) is 16.8 Å². The molecule has 7 heteroatoms. The Morgan fingerprint density at radius 2 is 1.68 bits per heavy atom. The number of para-hydroxylation sites is 1. The van der Waals surface area contributed by atoms with Crippen molar-refractivity contribution in [1.29, 1.82) is 0 Å². The number of rotatable bonds is 6. The molecule has 2 rings (SSSR count). The van der Waals surface area contributed by atoms with Crippen LogP contribution in [-0.4, -0.2) is 24.9 Å². The molecule has 0 heterocycles. The van der Waals surface area contributed by atoms with Gasteiger partial charge in [-0.2, -0.15) is 0 Å². The maximum Gasteiger partial charge on any atom is 0.573 e. The Labute approximate surface area is 144 Å². The topological polar surface area (TPSA) is 41.6 Å². The molecule has 0 aliphatic heterocycles. The van der Waals surface area contributed by atoms with Gasteiger partial charge in [-0.25, -0.2) is 0 Å². The number of anilines is 2. The van der Waals surface area contributed by atoms with E-state index in [4.69, 9.17) is 0 Å². The summed E-state index contributed by atoms with van der Waals surface area (Å²) in [6, 6.07) is 14.5. The van der Waals surface area contributed by atoms with Gasteiger partial charge in [0.15, 0.2) is 0 Å². The summed E-state index contributed by atoms with van der Waals surface area (Å²) < 4.78 is 40.2. The first-order chi connectivity index (χ1) is 11.8. The number of alkyl halides is 3. The fraction of sp³-hybridized carbons (Fsp3) is 0.278. The molecule has 0 unspecified atom stereocenters. The molecule has 0 spiro atoms. The van der Waals surface area contributed by atoms with Crippen molar-refractivity contribution in [1.82, 2.24) is 0 Å². The molecule has 25 heavy (non-hydrogen) atoms. The van der Waals surface area contributed by atoms with E-state index < -0.39 is 6.36 Å². The van der Waals surface area contributed by atoms with Crippen LogP contribution in [0.4, 0.5) is 24.5 Å². The number of hydrogen-bond acceptors (Lipinski definition) is 3. The van der Waals surface area contributed by atoms with Gasteiger partial charge in [0, 0.05) is 17.4 Å². The van der Waals surface area contributed by atoms with Gasteiger partial charge in [0.2, 0.25) is 5.91 Å². The quantitative estimate of drug-likeness (QED) is 0.836. The van der Waals surface area contributed by atoms with Gasteiger partial charge in [-0.05, 0) is 50.2 Å². The fourth-order valence-corrected chi connectivity index (χ4v) is 2.36. The monoisotopic (exact) mass is 352 g/mol.